The van der Waals surface area contributed by atoms with E-state index in [4.69, 9.17) is 10.2 Å². The van der Waals surface area contributed by atoms with Crippen molar-refractivity contribution in [2.24, 2.45) is 0 Å². The van der Waals surface area contributed by atoms with Crippen molar-refractivity contribution in [1.29, 1.82) is 0 Å². The molecule has 0 saturated carbocycles. The van der Waals surface area contributed by atoms with Gasteiger partial charge in [0, 0.05) is 0 Å². The summed E-state index contributed by atoms with van der Waals surface area (Å²) >= 11 is 0. The normalized spacial score (nSPS) is 14.4. The van der Waals surface area contributed by atoms with Gasteiger partial charge in [0.05, 0.1) is 11.9 Å². The van der Waals surface area contributed by atoms with E-state index in [1.807, 2.05) is 0 Å². The molecule has 2 N–H and O–H groups in total. The average molecular weight is 256 g/mol. The van der Waals surface area contributed by atoms with E-state index in [-0.39, 0.29) is 22.4 Å². The Balaban J connectivity index is 0. The Morgan fingerprint density at radius 3 is 1.27 bits per heavy atom. The van der Waals surface area contributed by atoms with Crippen molar-refractivity contribution in [1.82, 2.24) is 0 Å². The fourth-order valence-electron chi connectivity index (χ4n) is 0.258. The van der Waals surface area contributed by atoms with Gasteiger partial charge in [-0.25, -0.2) is 0 Å². The van der Waals surface area contributed by atoms with Crippen molar-refractivity contribution in [3.8, 4) is 0 Å². The Morgan fingerprint density at radius 2 is 1.18 bits per heavy atom. The van der Waals surface area contributed by atoms with Gasteiger partial charge >= 0.3 is 22.4 Å². The summed E-state index contributed by atoms with van der Waals surface area (Å²) < 4.78 is 0. The molecule has 0 bridgehead atoms. The van der Waals surface area contributed by atoms with Gasteiger partial charge < -0.3 is 30.0 Å². The first-order valence-electron chi connectivity index (χ1n) is 2.24. The summed E-state index contributed by atoms with van der Waals surface area (Å²) in [5.74, 6) is -4.12. The third-order valence-corrected chi connectivity index (χ3v) is 0.782. The van der Waals surface area contributed by atoms with Crippen molar-refractivity contribution in [2.45, 2.75) is 12.2 Å². The zero-order chi connectivity index (χ0) is 8.31. The van der Waals surface area contributed by atoms with E-state index in [0.717, 1.165) is 0 Å². The maximum absolute atomic E-state index is 9.63. The summed E-state index contributed by atoms with van der Waals surface area (Å²) in [6.45, 7) is 0. The van der Waals surface area contributed by atoms with Crippen molar-refractivity contribution in [3.63, 3.8) is 0 Å². The number of aliphatic carboxylic acids is 2. The number of carboxylic acid groups (broad SMARTS) is 2. The van der Waals surface area contributed by atoms with Crippen LogP contribution in [0.2, 0.25) is 0 Å². The summed E-state index contributed by atoms with van der Waals surface area (Å²) in [5.41, 5.74) is 0. The predicted molar refractivity (Wildman–Crippen MR) is 22.0 cm³/mol. The second-order valence-electron chi connectivity index (χ2n) is 1.53. The zero-order valence-corrected chi connectivity index (χ0v) is 6.47. The summed E-state index contributed by atoms with van der Waals surface area (Å²) in [4.78, 5) is 19.3. The van der Waals surface area contributed by atoms with Crippen molar-refractivity contribution in [3.05, 3.63) is 0 Å². The molecule has 0 aliphatic carbocycles. The van der Waals surface area contributed by atoms with Gasteiger partial charge in [-0.3, -0.25) is 0 Å². The minimum atomic E-state index is -2.44. The topological polar surface area (TPSA) is 121 Å². The smallest absolute Gasteiger partial charge is 0.547 e. The van der Waals surface area contributed by atoms with E-state index in [9.17, 15) is 19.8 Å². The summed E-state index contributed by atoms with van der Waals surface area (Å²) in [7, 11) is 0. The summed E-state index contributed by atoms with van der Waals surface area (Å²) in [5, 5.41) is 35.7. The average Bonchev–Trinajstić information content (AvgIpc) is 1.84. The standard InChI is InChI=1S/C4H6O6.Ag/c5-1(3(7)8)2(6)4(9)10;/h1-2,5-6H,(H,7,8)(H,9,10);/q;+2/p-2. The zero-order valence-electron chi connectivity index (χ0n) is 4.98. The molecule has 0 fully saturated rings. The molecule has 7 heteroatoms. The van der Waals surface area contributed by atoms with E-state index in [1.54, 1.807) is 0 Å². The van der Waals surface area contributed by atoms with E-state index < -0.39 is 24.1 Å². The molecule has 2 unspecified atom stereocenters. The van der Waals surface area contributed by atoms with E-state index >= 15 is 0 Å². The third-order valence-electron chi connectivity index (χ3n) is 0.782. The van der Waals surface area contributed by atoms with E-state index in [0.29, 0.717) is 0 Å². The number of aliphatic hydroxyl groups excluding tert-OH is 2. The first-order valence-corrected chi connectivity index (χ1v) is 2.24. The molecule has 11 heavy (non-hydrogen) atoms. The molecule has 0 aromatic rings. The van der Waals surface area contributed by atoms with Crippen LogP contribution in [0.1, 0.15) is 0 Å². The van der Waals surface area contributed by atoms with Crippen LogP contribution in [0.5, 0.6) is 0 Å². The molecule has 0 saturated heterocycles. The third kappa shape index (κ3) is 4.12. The van der Waals surface area contributed by atoms with Crippen LogP contribution in [-0.4, -0.2) is 34.4 Å². The maximum Gasteiger partial charge on any atom is 2.00 e. The Bertz CT molecular complexity index is 139. The molecule has 0 amide bonds. The first-order chi connectivity index (χ1) is 4.46. The van der Waals surface area contributed by atoms with Crippen molar-refractivity contribution < 1.29 is 52.4 Å². The van der Waals surface area contributed by atoms with Gasteiger partial charge in [0.2, 0.25) is 0 Å². The molecule has 0 rings (SSSR count). The van der Waals surface area contributed by atoms with Gasteiger partial charge in [0.1, 0.15) is 12.2 Å². The maximum atomic E-state index is 9.63. The van der Waals surface area contributed by atoms with Crippen LogP contribution < -0.4 is 10.2 Å². The number of aliphatic hydroxyl groups is 2. The molecule has 2 atom stereocenters. The van der Waals surface area contributed by atoms with Crippen molar-refractivity contribution >= 4 is 11.9 Å². The fourth-order valence-corrected chi connectivity index (χ4v) is 0.258. The van der Waals surface area contributed by atoms with Crippen LogP contribution in [0.25, 0.3) is 0 Å². The first kappa shape index (κ1) is 13.2. The molecule has 1 radical (unpaired) electrons. The van der Waals surface area contributed by atoms with Gasteiger partial charge in [-0.05, 0) is 0 Å². The number of rotatable bonds is 3. The van der Waals surface area contributed by atoms with Crippen molar-refractivity contribution in [2.75, 3.05) is 0 Å². The molecule has 0 spiro atoms. The Morgan fingerprint density at radius 1 is 1.00 bits per heavy atom. The number of carbonyl (C=O) groups excluding carboxylic acids is 2. The number of carbonyl (C=O) groups is 2. The summed E-state index contributed by atoms with van der Waals surface area (Å²) in [6, 6.07) is 0. The molecule has 0 aliphatic rings. The van der Waals surface area contributed by atoms with Gasteiger partial charge in [-0.2, -0.15) is 0 Å². The van der Waals surface area contributed by atoms with Crippen LogP contribution >= 0.6 is 0 Å². The van der Waals surface area contributed by atoms with E-state index in [1.165, 1.54) is 0 Å². The van der Waals surface area contributed by atoms with Crippen LogP contribution in [0.15, 0.2) is 0 Å². The molecular formula is C4H4AgO6. The van der Waals surface area contributed by atoms with Gasteiger partial charge in [-0.1, -0.05) is 0 Å². The minimum absolute atomic E-state index is 0. The van der Waals surface area contributed by atoms with Gasteiger partial charge in [0.15, 0.2) is 0 Å². The monoisotopic (exact) mass is 255 g/mol. The fraction of sp³-hybridized carbons (Fsp3) is 0.500. The van der Waals surface area contributed by atoms with Crippen LogP contribution in [-0.2, 0) is 32.0 Å². The quantitative estimate of drug-likeness (QED) is 0.489. The number of hydrogen-bond acceptors (Lipinski definition) is 6. The second-order valence-corrected chi connectivity index (χ2v) is 1.53. The SMILES string of the molecule is O=C([O-])C(O)C(O)C(=O)[O-].[Ag+2]. The van der Waals surface area contributed by atoms with Gasteiger partial charge in [-0.15, -0.1) is 0 Å². The Labute approximate surface area is 77.0 Å². The van der Waals surface area contributed by atoms with Gasteiger partial charge in [0.25, 0.3) is 0 Å². The molecule has 67 valence electrons. The van der Waals surface area contributed by atoms with Crippen LogP contribution in [0.3, 0.4) is 0 Å². The molecule has 0 aromatic carbocycles. The number of hydrogen-bond donors (Lipinski definition) is 2. The Kier molecular flexibility index (Phi) is 6.34. The van der Waals surface area contributed by atoms with Crippen LogP contribution in [0, 0.1) is 0 Å². The Hall–Kier alpha value is -0.400. The molecule has 0 aromatic heterocycles. The molecule has 0 aliphatic heterocycles. The largest absolute Gasteiger partial charge is 2.00 e. The molecule has 6 nitrogen and oxygen atoms in total. The molecule has 0 heterocycles. The minimum Gasteiger partial charge on any atom is -0.547 e. The predicted octanol–water partition coefficient (Wildman–Crippen LogP) is -4.79. The van der Waals surface area contributed by atoms with Crippen LogP contribution in [0.4, 0.5) is 0 Å². The summed E-state index contributed by atoms with van der Waals surface area (Å²) in [6.07, 6.45) is -4.88. The number of carboxylic acids is 2. The van der Waals surface area contributed by atoms with E-state index in [2.05, 4.69) is 0 Å². The second kappa shape index (κ2) is 5.28. The molecular weight excluding hydrogens is 252 g/mol.